The number of aromatic carboxylic acids is 1. The van der Waals surface area contributed by atoms with Crippen molar-refractivity contribution in [2.24, 2.45) is 11.3 Å². The third-order valence-corrected chi connectivity index (χ3v) is 8.02. The zero-order valence-corrected chi connectivity index (χ0v) is 22.8. The van der Waals surface area contributed by atoms with Crippen LogP contribution in [0.3, 0.4) is 0 Å². The van der Waals surface area contributed by atoms with Gasteiger partial charge in [-0.3, -0.25) is 4.79 Å². The van der Waals surface area contributed by atoms with E-state index < -0.39 is 23.5 Å². The topological polar surface area (TPSA) is 113 Å². The number of piperidine rings is 1. The van der Waals surface area contributed by atoms with Gasteiger partial charge in [-0.25, -0.2) is 19.7 Å². The summed E-state index contributed by atoms with van der Waals surface area (Å²) in [7, 11) is 0. The molecule has 2 aromatic heterocycles. The van der Waals surface area contributed by atoms with Crippen molar-refractivity contribution in [3.8, 4) is 0 Å². The molecular formula is C28H33F3N6O3. The minimum Gasteiger partial charge on any atom is -0.475 e. The predicted molar refractivity (Wildman–Crippen MR) is 142 cm³/mol. The second-order valence-electron chi connectivity index (χ2n) is 11.7. The molecule has 2 aliphatic rings. The van der Waals surface area contributed by atoms with E-state index in [0.29, 0.717) is 30.1 Å². The largest absolute Gasteiger partial charge is 0.475 e. The highest BCUT2D eigenvalue weighted by Gasteiger charge is 2.34. The van der Waals surface area contributed by atoms with Crippen LogP contribution in [0.15, 0.2) is 24.3 Å². The summed E-state index contributed by atoms with van der Waals surface area (Å²) in [6.07, 6.45) is 0.512. The number of alkyl halides is 3. The van der Waals surface area contributed by atoms with E-state index in [9.17, 15) is 27.9 Å². The molecule has 1 aliphatic carbocycles. The number of benzene rings is 1. The van der Waals surface area contributed by atoms with Crippen LogP contribution in [0.5, 0.6) is 0 Å². The first-order valence-corrected chi connectivity index (χ1v) is 13.6. The van der Waals surface area contributed by atoms with Crippen LogP contribution in [-0.4, -0.2) is 60.5 Å². The van der Waals surface area contributed by atoms with Crippen molar-refractivity contribution in [3.05, 3.63) is 47.0 Å². The van der Waals surface area contributed by atoms with Crippen LogP contribution in [0.2, 0.25) is 0 Å². The minimum absolute atomic E-state index is 0.0230. The Morgan fingerprint density at radius 1 is 1.12 bits per heavy atom. The molecule has 1 amide bonds. The van der Waals surface area contributed by atoms with E-state index in [-0.39, 0.29) is 41.2 Å². The third kappa shape index (κ3) is 5.62. The summed E-state index contributed by atoms with van der Waals surface area (Å²) in [6, 6.07) is 4.71. The molecule has 1 saturated carbocycles. The van der Waals surface area contributed by atoms with Gasteiger partial charge in [0.1, 0.15) is 5.52 Å². The number of hydrogen-bond donors (Lipinski definition) is 2. The van der Waals surface area contributed by atoms with Crippen molar-refractivity contribution in [1.29, 1.82) is 0 Å². The van der Waals surface area contributed by atoms with Gasteiger partial charge in [-0.15, -0.1) is 0 Å². The molecule has 12 heteroatoms. The molecule has 1 saturated heterocycles. The molecular weight excluding hydrogens is 525 g/mol. The molecule has 1 aliphatic heterocycles. The molecule has 0 unspecified atom stereocenters. The maximum Gasteiger partial charge on any atom is 0.416 e. The number of imidazole rings is 1. The third-order valence-electron chi connectivity index (χ3n) is 8.02. The zero-order chi connectivity index (χ0) is 28.8. The first-order valence-electron chi connectivity index (χ1n) is 13.6. The number of rotatable bonds is 7. The standard InChI is InChI=1S/C28H33F3N6O3/c1-16(18-6-4-7-18)32-21-20-22(34-23(33-21)26(39)40)35-24(25(38)36-13-5-12-27(2,3)15-36)37(20)14-17-8-10-19(11-9-17)28(29,30)31/h8-11,16,18H,4-7,12-15H2,1-3H3,(H,39,40)(H,32,33,34)/t16-/m1/s1. The average molecular weight is 559 g/mol. The molecule has 214 valence electrons. The maximum absolute atomic E-state index is 13.9. The van der Waals surface area contributed by atoms with Gasteiger partial charge >= 0.3 is 12.1 Å². The van der Waals surface area contributed by atoms with E-state index in [2.05, 4.69) is 34.1 Å². The normalized spacial score (nSPS) is 18.4. The summed E-state index contributed by atoms with van der Waals surface area (Å²) in [6.45, 7) is 7.26. The Kier molecular flexibility index (Phi) is 7.22. The smallest absolute Gasteiger partial charge is 0.416 e. The fourth-order valence-corrected chi connectivity index (χ4v) is 5.54. The first-order chi connectivity index (χ1) is 18.8. The summed E-state index contributed by atoms with van der Waals surface area (Å²) in [5.41, 5.74) is 0.0441. The van der Waals surface area contributed by atoms with E-state index in [4.69, 9.17) is 0 Å². The fraction of sp³-hybridized carbons (Fsp3) is 0.536. The highest BCUT2D eigenvalue weighted by Crippen LogP contribution is 2.34. The second kappa shape index (κ2) is 10.4. The van der Waals surface area contributed by atoms with Crippen LogP contribution in [0.25, 0.3) is 11.2 Å². The van der Waals surface area contributed by atoms with Gasteiger partial charge in [0, 0.05) is 19.1 Å². The van der Waals surface area contributed by atoms with Crippen LogP contribution >= 0.6 is 0 Å². The number of fused-ring (bicyclic) bond motifs is 1. The lowest BCUT2D eigenvalue weighted by molar-refractivity contribution is -0.137. The lowest BCUT2D eigenvalue weighted by atomic mass is 9.80. The molecule has 0 bridgehead atoms. The van der Waals surface area contributed by atoms with Crippen molar-refractivity contribution < 1.29 is 27.9 Å². The van der Waals surface area contributed by atoms with Gasteiger partial charge in [-0.05, 0) is 61.6 Å². The van der Waals surface area contributed by atoms with Crippen LogP contribution in [0, 0.1) is 11.3 Å². The van der Waals surface area contributed by atoms with Crippen molar-refractivity contribution in [2.45, 2.75) is 71.6 Å². The number of carbonyl (C=O) groups is 2. The van der Waals surface area contributed by atoms with Gasteiger partial charge in [-0.2, -0.15) is 13.2 Å². The Hall–Kier alpha value is -3.70. The number of anilines is 1. The summed E-state index contributed by atoms with van der Waals surface area (Å²) in [5, 5.41) is 13.0. The molecule has 40 heavy (non-hydrogen) atoms. The number of hydrogen-bond acceptors (Lipinski definition) is 6. The molecule has 5 rings (SSSR count). The number of carboxylic acid groups (broad SMARTS) is 1. The molecule has 2 fully saturated rings. The number of halogens is 3. The SMILES string of the molecule is C[C@@H](Nc1nc(C(=O)O)nc2nc(C(=O)N3CCCC(C)(C)C3)n(Cc3ccc(C(F)(F)F)cc3)c12)C1CCC1. The van der Waals surface area contributed by atoms with Gasteiger partial charge in [0.05, 0.1) is 12.1 Å². The van der Waals surface area contributed by atoms with Crippen molar-refractivity contribution in [1.82, 2.24) is 24.4 Å². The lowest BCUT2D eigenvalue weighted by Gasteiger charge is -2.37. The molecule has 0 radical (unpaired) electrons. The Morgan fingerprint density at radius 2 is 1.82 bits per heavy atom. The highest BCUT2D eigenvalue weighted by atomic mass is 19.4. The van der Waals surface area contributed by atoms with E-state index in [1.54, 1.807) is 9.47 Å². The molecule has 2 N–H and O–H groups in total. The Morgan fingerprint density at radius 3 is 2.40 bits per heavy atom. The molecule has 3 aromatic rings. The quantitative estimate of drug-likeness (QED) is 0.396. The van der Waals surface area contributed by atoms with Gasteiger partial charge in [0.25, 0.3) is 5.91 Å². The number of likely N-dealkylation sites (tertiary alicyclic amines) is 1. The van der Waals surface area contributed by atoms with Crippen LogP contribution in [0.1, 0.15) is 85.2 Å². The van der Waals surface area contributed by atoms with E-state index in [1.807, 2.05) is 6.92 Å². The number of carboxylic acids is 1. The summed E-state index contributed by atoms with van der Waals surface area (Å²) >= 11 is 0. The predicted octanol–water partition coefficient (Wildman–Crippen LogP) is 5.45. The second-order valence-corrected chi connectivity index (χ2v) is 11.7. The molecule has 1 atom stereocenters. The van der Waals surface area contributed by atoms with Crippen molar-refractivity contribution >= 4 is 28.9 Å². The highest BCUT2D eigenvalue weighted by molar-refractivity contribution is 5.98. The van der Waals surface area contributed by atoms with E-state index in [1.165, 1.54) is 12.1 Å². The summed E-state index contributed by atoms with van der Waals surface area (Å²) in [4.78, 5) is 40.4. The van der Waals surface area contributed by atoms with Crippen LogP contribution < -0.4 is 5.32 Å². The average Bonchev–Trinajstić information content (AvgIpc) is 3.20. The Balaban J connectivity index is 1.63. The van der Waals surface area contributed by atoms with Gasteiger partial charge in [0.2, 0.25) is 11.6 Å². The monoisotopic (exact) mass is 558 g/mol. The van der Waals surface area contributed by atoms with Crippen LogP contribution in [0.4, 0.5) is 19.0 Å². The number of aromatic nitrogens is 4. The summed E-state index contributed by atoms with van der Waals surface area (Å²) in [5.74, 6) is -1.45. The number of nitrogens with one attached hydrogen (secondary N) is 1. The zero-order valence-electron chi connectivity index (χ0n) is 22.8. The molecule has 3 heterocycles. The lowest BCUT2D eigenvalue weighted by Crippen LogP contribution is -2.44. The molecule has 1 aromatic carbocycles. The van der Waals surface area contributed by atoms with Crippen molar-refractivity contribution in [3.63, 3.8) is 0 Å². The van der Waals surface area contributed by atoms with Gasteiger partial charge < -0.3 is 19.9 Å². The molecule has 9 nitrogen and oxygen atoms in total. The number of amides is 1. The Bertz CT molecular complexity index is 1430. The molecule has 0 spiro atoms. The minimum atomic E-state index is -4.47. The summed E-state index contributed by atoms with van der Waals surface area (Å²) < 4.78 is 41.1. The van der Waals surface area contributed by atoms with Gasteiger partial charge in [-0.1, -0.05) is 32.4 Å². The fourth-order valence-electron chi connectivity index (χ4n) is 5.54. The van der Waals surface area contributed by atoms with E-state index in [0.717, 1.165) is 44.2 Å². The number of carbonyl (C=O) groups excluding carboxylic acids is 1. The van der Waals surface area contributed by atoms with Gasteiger partial charge in [0.15, 0.2) is 11.5 Å². The van der Waals surface area contributed by atoms with E-state index >= 15 is 0 Å². The Labute approximate surface area is 229 Å². The maximum atomic E-state index is 13.9. The first kappa shape index (κ1) is 27.9. The van der Waals surface area contributed by atoms with Crippen LogP contribution in [-0.2, 0) is 12.7 Å². The van der Waals surface area contributed by atoms with Crippen molar-refractivity contribution in [2.75, 3.05) is 18.4 Å². The number of nitrogens with zero attached hydrogens (tertiary/aromatic N) is 5.